The second kappa shape index (κ2) is 6.75. The van der Waals surface area contributed by atoms with Gasteiger partial charge in [0.05, 0.1) is 31.0 Å². The van der Waals surface area contributed by atoms with Gasteiger partial charge >= 0.3 is 5.97 Å². The van der Waals surface area contributed by atoms with Crippen molar-refractivity contribution in [1.29, 1.82) is 0 Å². The number of nitrogens with zero attached hydrogens (tertiary/aromatic N) is 1. The van der Waals surface area contributed by atoms with Crippen LogP contribution in [-0.2, 0) is 4.79 Å². The smallest absolute Gasteiger partial charge is 0.305 e. The van der Waals surface area contributed by atoms with Crippen LogP contribution in [0.5, 0.6) is 5.75 Å². The van der Waals surface area contributed by atoms with Crippen molar-refractivity contribution in [3.8, 4) is 17.0 Å². The number of aromatic amines is 1. The van der Waals surface area contributed by atoms with E-state index in [0.717, 1.165) is 5.56 Å². The highest BCUT2D eigenvalue weighted by atomic mass is 16.5. The summed E-state index contributed by atoms with van der Waals surface area (Å²) < 4.78 is 5.16. The number of aromatic nitrogens is 2. The highest BCUT2D eigenvalue weighted by Gasteiger charge is 2.18. The van der Waals surface area contributed by atoms with Gasteiger partial charge < -0.3 is 15.2 Å². The van der Waals surface area contributed by atoms with Crippen molar-refractivity contribution >= 4 is 11.9 Å². The number of H-pyrrole nitrogens is 1. The Hall–Kier alpha value is -2.83. The van der Waals surface area contributed by atoms with Crippen molar-refractivity contribution in [2.75, 3.05) is 7.11 Å². The molecule has 0 aliphatic carbocycles. The fraction of sp³-hybridized carbons (Fsp3) is 0.267. The van der Waals surface area contributed by atoms with Crippen LogP contribution in [0.15, 0.2) is 30.5 Å². The number of amides is 1. The number of rotatable bonds is 6. The molecule has 0 fully saturated rings. The molecule has 1 aromatic heterocycles. The number of carbonyl (C=O) groups excluding carboxylic acids is 1. The largest absolute Gasteiger partial charge is 0.497 e. The summed E-state index contributed by atoms with van der Waals surface area (Å²) in [6.07, 6.45) is 1.27. The number of methoxy groups -OCH3 is 1. The average molecular weight is 303 g/mol. The molecule has 2 rings (SSSR count). The van der Waals surface area contributed by atoms with Crippen molar-refractivity contribution in [1.82, 2.24) is 15.5 Å². The lowest BCUT2D eigenvalue weighted by molar-refractivity contribution is -0.137. The topological polar surface area (TPSA) is 104 Å². The summed E-state index contributed by atoms with van der Waals surface area (Å²) in [4.78, 5) is 22.9. The number of hydrogen-bond donors (Lipinski definition) is 3. The first-order valence-electron chi connectivity index (χ1n) is 6.71. The minimum atomic E-state index is -0.965. The second-order valence-corrected chi connectivity index (χ2v) is 4.86. The van der Waals surface area contributed by atoms with Crippen molar-refractivity contribution < 1.29 is 19.4 Å². The zero-order valence-electron chi connectivity index (χ0n) is 12.3. The van der Waals surface area contributed by atoms with E-state index in [0.29, 0.717) is 17.0 Å². The first kappa shape index (κ1) is 15.6. The zero-order valence-corrected chi connectivity index (χ0v) is 12.3. The van der Waals surface area contributed by atoms with Gasteiger partial charge in [-0.05, 0) is 19.1 Å². The van der Waals surface area contributed by atoms with E-state index >= 15 is 0 Å². The third-order valence-corrected chi connectivity index (χ3v) is 3.10. The molecule has 3 N–H and O–H groups in total. The number of carbonyl (C=O) groups is 2. The first-order valence-corrected chi connectivity index (χ1v) is 6.71. The minimum absolute atomic E-state index is 0.141. The van der Waals surface area contributed by atoms with Gasteiger partial charge in [-0.1, -0.05) is 12.1 Å². The van der Waals surface area contributed by atoms with Gasteiger partial charge in [0.2, 0.25) is 0 Å². The van der Waals surface area contributed by atoms with Gasteiger partial charge in [-0.25, -0.2) is 0 Å². The van der Waals surface area contributed by atoms with Gasteiger partial charge in [-0.15, -0.1) is 0 Å². The molecule has 2 aromatic rings. The van der Waals surface area contributed by atoms with Crippen LogP contribution in [0.4, 0.5) is 0 Å². The maximum Gasteiger partial charge on any atom is 0.305 e. The van der Waals surface area contributed by atoms with Gasteiger partial charge in [-0.2, -0.15) is 5.10 Å². The normalized spacial score (nSPS) is 11.7. The minimum Gasteiger partial charge on any atom is -0.497 e. The van der Waals surface area contributed by atoms with Crippen molar-refractivity contribution in [2.24, 2.45) is 0 Å². The standard InChI is InChI=1S/C15H17N3O4/c1-9(6-13(19)20)17-15(21)12-8-16-18-14(12)10-4-3-5-11(7-10)22-2/h3-5,7-9H,6H2,1-2H3,(H,16,18)(H,17,21)(H,19,20)/t9-/m1/s1. The molecular formula is C15H17N3O4. The molecule has 0 unspecified atom stereocenters. The number of ether oxygens (including phenoxy) is 1. The van der Waals surface area contributed by atoms with E-state index in [1.54, 1.807) is 26.2 Å². The van der Waals surface area contributed by atoms with Crippen LogP contribution in [0.2, 0.25) is 0 Å². The van der Waals surface area contributed by atoms with Gasteiger partial charge in [0.15, 0.2) is 0 Å². The lowest BCUT2D eigenvalue weighted by Crippen LogP contribution is -2.34. The molecule has 0 spiro atoms. The summed E-state index contributed by atoms with van der Waals surface area (Å²) in [5.74, 6) is -0.675. The third kappa shape index (κ3) is 3.63. The average Bonchev–Trinajstić information content (AvgIpc) is 2.95. The van der Waals surface area contributed by atoms with Crippen LogP contribution in [0.1, 0.15) is 23.7 Å². The Balaban J connectivity index is 2.21. The predicted octanol–water partition coefficient (Wildman–Crippen LogP) is 1.68. The van der Waals surface area contributed by atoms with Crippen LogP contribution >= 0.6 is 0 Å². The molecule has 0 bridgehead atoms. The molecule has 1 atom stereocenters. The lowest BCUT2D eigenvalue weighted by Gasteiger charge is -2.11. The monoisotopic (exact) mass is 303 g/mol. The molecule has 7 nitrogen and oxygen atoms in total. The lowest BCUT2D eigenvalue weighted by atomic mass is 10.1. The van der Waals surface area contributed by atoms with E-state index in [4.69, 9.17) is 9.84 Å². The Kier molecular flexibility index (Phi) is 4.77. The van der Waals surface area contributed by atoms with Gasteiger partial charge in [0, 0.05) is 11.6 Å². The molecule has 116 valence electrons. The Bertz CT molecular complexity index is 681. The zero-order chi connectivity index (χ0) is 16.1. The number of carboxylic acid groups (broad SMARTS) is 1. The number of nitrogens with one attached hydrogen (secondary N) is 2. The van der Waals surface area contributed by atoms with Crippen LogP contribution in [0.3, 0.4) is 0 Å². The molecule has 0 radical (unpaired) electrons. The van der Waals surface area contributed by atoms with E-state index in [2.05, 4.69) is 15.5 Å². The summed E-state index contributed by atoms with van der Waals surface area (Å²) in [5.41, 5.74) is 1.66. The molecular weight excluding hydrogens is 286 g/mol. The van der Waals surface area contributed by atoms with Crippen molar-refractivity contribution in [3.05, 3.63) is 36.0 Å². The summed E-state index contributed by atoms with van der Waals surface area (Å²) >= 11 is 0. The molecule has 0 saturated carbocycles. The first-order chi connectivity index (χ1) is 10.5. The highest BCUT2D eigenvalue weighted by molar-refractivity contribution is 6.00. The van der Waals surface area contributed by atoms with Crippen LogP contribution in [0.25, 0.3) is 11.3 Å². The number of hydrogen-bond acceptors (Lipinski definition) is 4. The molecule has 7 heteroatoms. The molecule has 0 saturated heterocycles. The Morgan fingerprint density at radius 1 is 1.45 bits per heavy atom. The van der Waals surface area contributed by atoms with Gasteiger partial charge in [-0.3, -0.25) is 14.7 Å². The molecule has 0 aliphatic rings. The SMILES string of the molecule is COc1cccc(-c2[nH]ncc2C(=O)N[C@H](C)CC(=O)O)c1. The van der Waals surface area contributed by atoms with Crippen molar-refractivity contribution in [2.45, 2.75) is 19.4 Å². The number of aliphatic carboxylic acids is 1. The number of carboxylic acids is 1. The quantitative estimate of drug-likeness (QED) is 0.753. The van der Waals surface area contributed by atoms with Crippen LogP contribution in [0, 0.1) is 0 Å². The van der Waals surface area contributed by atoms with E-state index in [1.165, 1.54) is 6.20 Å². The van der Waals surface area contributed by atoms with E-state index < -0.39 is 12.0 Å². The van der Waals surface area contributed by atoms with Gasteiger partial charge in [0.25, 0.3) is 5.91 Å². The van der Waals surface area contributed by atoms with Crippen LogP contribution in [-0.4, -0.2) is 40.3 Å². The van der Waals surface area contributed by atoms with E-state index in [9.17, 15) is 9.59 Å². The fourth-order valence-corrected chi connectivity index (χ4v) is 2.07. The van der Waals surface area contributed by atoms with Gasteiger partial charge in [0.1, 0.15) is 5.75 Å². The summed E-state index contributed by atoms with van der Waals surface area (Å²) in [6.45, 7) is 1.64. The number of benzene rings is 1. The van der Waals surface area contributed by atoms with E-state index in [1.807, 2.05) is 12.1 Å². The maximum absolute atomic E-state index is 12.3. The second-order valence-electron chi connectivity index (χ2n) is 4.86. The van der Waals surface area contributed by atoms with E-state index in [-0.39, 0.29) is 12.3 Å². The third-order valence-electron chi connectivity index (χ3n) is 3.10. The summed E-state index contributed by atoms with van der Waals surface area (Å²) in [7, 11) is 1.56. The predicted molar refractivity (Wildman–Crippen MR) is 79.8 cm³/mol. The summed E-state index contributed by atoms with van der Waals surface area (Å²) in [5, 5.41) is 18.1. The Morgan fingerprint density at radius 2 is 2.23 bits per heavy atom. The molecule has 1 aromatic carbocycles. The maximum atomic E-state index is 12.3. The van der Waals surface area contributed by atoms with Crippen molar-refractivity contribution in [3.63, 3.8) is 0 Å². The molecule has 1 amide bonds. The summed E-state index contributed by atoms with van der Waals surface area (Å²) in [6, 6.07) is 6.74. The molecule has 1 heterocycles. The fourth-order valence-electron chi connectivity index (χ4n) is 2.07. The Morgan fingerprint density at radius 3 is 2.91 bits per heavy atom. The highest BCUT2D eigenvalue weighted by Crippen LogP contribution is 2.25. The molecule has 0 aliphatic heterocycles. The van der Waals surface area contributed by atoms with Crippen LogP contribution < -0.4 is 10.1 Å². The Labute approximate surface area is 127 Å². The molecule has 22 heavy (non-hydrogen) atoms.